The molecule has 0 saturated heterocycles. The van der Waals surface area contributed by atoms with E-state index in [0.717, 1.165) is 44.5 Å². The smallest absolute Gasteiger partial charge is 0.360 e. The number of esters is 1. The zero-order chi connectivity index (χ0) is 25.0. The van der Waals surface area contributed by atoms with Crippen LogP contribution in [0.2, 0.25) is 0 Å². The number of carbonyl (C=O) groups excluding carboxylic acids is 1. The van der Waals surface area contributed by atoms with E-state index in [0.29, 0.717) is 5.69 Å². The summed E-state index contributed by atoms with van der Waals surface area (Å²) in [4.78, 5) is 24.6. The standard InChI is InChI=1S/C30H26N4O2/c1-19-18-21(33(2)3)14-15-23(19)30(28-26(29(35)36-30)31-16-17-32-28)25-22-12-8-9-13-24(22)34(4)27(25)20-10-6-5-7-11-20/h5-18H,1-4H3. The van der Waals surface area contributed by atoms with Crippen LogP contribution in [0.5, 0.6) is 0 Å². The molecule has 1 unspecified atom stereocenters. The van der Waals surface area contributed by atoms with E-state index in [1.54, 1.807) is 12.4 Å². The van der Waals surface area contributed by atoms with E-state index in [2.05, 4.69) is 70.9 Å². The topological polar surface area (TPSA) is 60.2 Å². The molecular weight excluding hydrogens is 448 g/mol. The van der Waals surface area contributed by atoms with Gasteiger partial charge in [-0.15, -0.1) is 0 Å². The Kier molecular flexibility index (Phi) is 4.93. The molecule has 0 N–H and O–H groups in total. The minimum absolute atomic E-state index is 0.250. The molecule has 0 radical (unpaired) electrons. The van der Waals surface area contributed by atoms with Crippen LogP contribution in [-0.4, -0.2) is 34.6 Å². The molecule has 36 heavy (non-hydrogen) atoms. The lowest BCUT2D eigenvalue weighted by Gasteiger charge is -2.32. The van der Waals surface area contributed by atoms with E-state index in [9.17, 15) is 4.79 Å². The van der Waals surface area contributed by atoms with E-state index in [1.165, 1.54) is 0 Å². The van der Waals surface area contributed by atoms with E-state index < -0.39 is 11.6 Å². The van der Waals surface area contributed by atoms with Gasteiger partial charge in [-0.25, -0.2) is 9.78 Å². The molecule has 6 nitrogen and oxygen atoms in total. The van der Waals surface area contributed by atoms with Gasteiger partial charge in [-0.05, 0) is 36.2 Å². The fourth-order valence-corrected chi connectivity index (χ4v) is 5.47. The highest BCUT2D eigenvalue weighted by molar-refractivity contribution is 5.99. The van der Waals surface area contributed by atoms with Gasteiger partial charge in [0.1, 0.15) is 5.69 Å². The monoisotopic (exact) mass is 474 g/mol. The highest BCUT2D eigenvalue weighted by Gasteiger charge is 2.54. The third-order valence-electron chi connectivity index (χ3n) is 7.08. The number of hydrogen-bond acceptors (Lipinski definition) is 5. The van der Waals surface area contributed by atoms with Gasteiger partial charge in [0.05, 0.1) is 5.69 Å². The summed E-state index contributed by atoms with van der Waals surface area (Å²) in [7, 11) is 6.08. The third-order valence-corrected chi connectivity index (χ3v) is 7.08. The first-order chi connectivity index (χ1) is 17.4. The van der Waals surface area contributed by atoms with Gasteiger partial charge in [0.15, 0.2) is 5.69 Å². The van der Waals surface area contributed by atoms with Crippen LogP contribution in [0, 0.1) is 6.92 Å². The quantitative estimate of drug-likeness (QED) is 0.323. The van der Waals surface area contributed by atoms with Crippen LogP contribution in [0.1, 0.15) is 32.9 Å². The number of aryl methyl sites for hydroxylation is 2. The second-order valence-corrected chi connectivity index (χ2v) is 9.38. The first-order valence-corrected chi connectivity index (χ1v) is 11.9. The Morgan fingerprint density at radius 2 is 1.64 bits per heavy atom. The number of fused-ring (bicyclic) bond motifs is 2. The summed E-state index contributed by atoms with van der Waals surface area (Å²) < 4.78 is 8.64. The number of hydrogen-bond donors (Lipinski definition) is 0. The van der Waals surface area contributed by atoms with Gasteiger partial charge in [-0.2, -0.15) is 0 Å². The first kappa shape index (κ1) is 22.0. The molecule has 0 fully saturated rings. The normalized spacial score (nSPS) is 16.7. The summed E-state index contributed by atoms with van der Waals surface area (Å²) in [5, 5.41) is 1.00. The number of carbonyl (C=O) groups is 1. The Bertz CT molecular complexity index is 1640. The van der Waals surface area contributed by atoms with Crippen molar-refractivity contribution in [3.63, 3.8) is 0 Å². The predicted octanol–water partition coefficient (Wildman–Crippen LogP) is 5.47. The summed E-state index contributed by atoms with van der Waals surface area (Å²) in [6, 6.07) is 24.7. The largest absolute Gasteiger partial charge is 0.438 e. The molecular formula is C30H26N4O2. The fraction of sp³-hybridized carbons (Fsp3) is 0.167. The SMILES string of the molecule is Cc1cc(N(C)C)ccc1C1(c2c(-c3ccccc3)n(C)c3ccccc23)OC(=O)c2nccnc21. The van der Waals surface area contributed by atoms with Crippen LogP contribution in [-0.2, 0) is 17.4 Å². The van der Waals surface area contributed by atoms with E-state index >= 15 is 0 Å². The summed E-state index contributed by atoms with van der Waals surface area (Å²) in [5.74, 6) is -0.471. The molecule has 6 rings (SSSR count). The maximum Gasteiger partial charge on any atom is 0.360 e. The average molecular weight is 475 g/mol. The number of para-hydroxylation sites is 1. The van der Waals surface area contributed by atoms with Gasteiger partial charge in [0, 0.05) is 61.3 Å². The highest BCUT2D eigenvalue weighted by atomic mass is 16.6. The van der Waals surface area contributed by atoms with Crippen molar-refractivity contribution in [3.05, 3.63) is 113 Å². The highest BCUT2D eigenvalue weighted by Crippen LogP contribution is 2.52. The fourth-order valence-electron chi connectivity index (χ4n) is 5.47. The molecule has 2 aromatic heterocycles. The number of nitrogens with zero attached hydrogens (tertiary/aromatic N) is 4. The molecule has 0 bridgehead atoms. The first-order valence-electron chi connectivity index (χ1n) is 11.9. The Balaban J connectivity index is 1.80. The number of anilines is 1. The Labute approximate surface area is 209 Å². The Hall–Kier alpha value is -4.45. The van der Waals surface area contributed by atoms with Crippen molar-refractivity contribution in [1.82, 2.24) is 14.5 Å². The van der Waals surface area contributed by atoms with Crippen molar-refractivity contribution in [2.45, 2.75) is 12.5 Å². The van der Waals surface area contributed by atoms with Gasteiger partial charge in [-0.3, -0.25) is 4.98 Å². The lowest BCUT2D eigenvalue weighted by atomic mass is 9.79. The maximum atomic E-state index is 13.4. The van der Waals surface area contributed by atoms with Gasteiger partial charge in [-0.1, -0.05) is 54.6 Å². The van der Waals surface area contributed by atoms with Crippen molar-refractivity contribution in [2.24, 2.45) is 7.05 Å². The second-order valence-electron chi connectivity index (χ2n) is 9.38. The van der Waals surface area contributed by atoms with Crippen molar-refractivity contribution in [3.8, 4) is 11.3 Å². The predicted molar refractivity (Wildman–Crippen MR) is 141 cm³/mol. The number of rotatable bonds is 4. The Morgan fingerprint density at radius 3 is 2.39 bits per heavy atom. The van der Waals surface area contributed by atoms with Crippen LogP contribution >= 0.6 is 0 Å². The number of benzene rings is 3. The van der Waals surface area contributed by atoms with E-state index in [4.69, 9.17) is 9.72 Å². The van der Waals surface area contributed by atoms with Crippen molar-refractivity contribution in [2.75, 3.05) is 19.0 Å². The molecule has 3 aromatic carbocycles. The second kappa shape index (κ2) is 8.05. The van der Waals surface area contributed by atoms with Gasteiger partial charge in [0.2, 0.25) is 5.60 Å². The molecule has 178 valence electrons. The molecule has 5 aromatic rings. The maximum absolute atomic E-state index is 13.4. The molecule has 0 spiro atoms. The van der Waals surface area contributed by atoms with Crippen molar-refractivity contribution < 1.29 is 9.53 Å². The third kappa shape index (κ3) is 3.00. The van der Waals surface area contributed by atoms with Crippen LogP contribution < -0.4 is 4.90 Å². The molecule has 0 aliphatic carbocycles. The molecule has 1 aliphatic rings. The lowest BCUT2D eigenvalue weighted by Crippen LogP contribution is -2.32. The summed E-state index contributed by atoms with van der Waals surface area (Å²) >= 11 is 0. The van der Waals surface area contributed by atoms with Gasteiger partial charge < -0.3 is 14.2 Å². The van der Waals surface area contributed by atoms with Crippen LogP contribution in [0.3, 0.4) is 0 Å². The molecule has 1 aliphatic heterocycles. The van der Waals surface area contributed by atoms with E-state index in [-0.39, 0.29) is 5.69 Å². The van der Waals surface area contributed by atoms with Crippen LogP contribution in [0.4, 0.5) is 5.69 Å². The van der Waals surface area contributed by atoms with Gasteiger partial charge >= 0.3 is 5.97 Å². The zero-order valence-corrected chi connectivity index (χ0v) is 20.7. The number of aromatic nitrogens is 3. The average Bonchev–Trinajstić information content (AvgIpc) is 3.36. The summed E-state index contributed by atoms with van der Waals surface area (Å²) in [6.45, 7) is 2.06. The molecule has 6 heteroatoms. The molecule has 0 amide bonds. The number of ether oxygens (including phenoxy) is 1. The molecule has 0 saturated carbocycles. The van der Waals surface area contributed by atoms with Crippen LogP contribution in [0.15, 0.2) is 85.2 Å². The van der Waals surface area contributed by atoms with Crippen LogP contribution in [0.25, 0.3) is 22.2 Å². The molecule has 3 heterocycles. The Morgan fingerprint density at radius 1 is 0.917 bits per heavy atom. The van der Waals surface area contributed by atoms with Crippen molar-refractivity contribution in [1.29, 1.82) is 0 Å². The van der Waals surface area contributed by atoms with Gasteiger partial charge in [0.25, 0.3) is 0 Å². The lowest BCUT2D eigenvalue weighted by molar-refractivity contribution is 0.0245. The summed E-state index contributed by atoms with van der Waals surface area (Å²) in [6.07, 6.45) is 3.17. The summed E-state index contributed by atoms with van der Waals surface area (Å²) in [5.41, 5.74) is 6.37. The minimum atomic E-state index is -1.26. The zero-order valence-electron chi connectivity index (χ0n) is 20.7. The minimum Gasteiger partial charge on any atom is -0.438 e. The van der Waals surface area contributed by atoms with E-state index in [1.807, 2.05) is 44.4 Å². The molecule has 1 atom stereocenters. The number of cyclic esters (lactones) is 1. The van der Waals surface area contributed by atoms with Crippen molar-refractivity contribution >= 4 is 22.6 Å².